The molecule has 0 bridgehead atoms. The van der Waals surface area contributed by atoms with Crippen molar-refractivity contribution in [3.8, 4) is 0 Å². The van der Waals surface area contributed by atoms with Crippen molar-refractivity contribution in [2.24, 2.45) is 11.8 Å². The van der Waals surface area contributed by atoms with Crippen molar-refractivity contribution >= 4 is 11.7 Å². The van der Waals surface area contributed by atoms with E-state index in [1.165, 1.54) is 0 Å². The lowest BCUT2D eigenvalue weighted by Gasteiger charge is -2.22. The fourth-order valence-electron chi connectivity index (χ4n) is 1.50. The van der Waals surface area contributed by atoms with Gasteiger partial charge >= 0.3 is 0 Å². The smallest absolute Gasteiger partial charge is 0.227 e. The summed E-state index contributed by atoms with van der Waals surface area (Å²) >= 11 is 0. The van der Waals surface area contributed by atoms with Gasteiger partial charge in [0, 0.05) is 12.5 Å². The van der Waals surface area contributed by atoms with Gasteiger partial charge < -0.3 is 5.32 Å². The molecule has 1 atom stereocenters. The Hall–Kier alpha value is -0.860. The molecule has 1 heterocycles. The largest absolute Gasteiger partial charge is 0.355 e. The maximum atomic E-state index is 11.3. The molecular weight excluding hydrogens is 154 g/mol. The van der Waals surface area contributed by atoms with E-state index in [0.29, 0.717) is 12.5 Å². The average molecular weight is 169 g/mol. The van der Waals surface area contributed by atoms with Crippen LogP contribution in [0.4, 0.5) is 0 Å². The molecule has 1 rings (SSSR count). The molecular formula is C9H15NO2. The van der Waals surface area contributed by atoms with Gasteiger partial charge in [0.1, 0.15) is 5.78 Å². The third kappa shape index (κ3) is 2.32. The van der Waals surface area contributed by atoms with Crippen LogP contribution in [-0.2, 0) is 9.59 Å². The molecule has 0 saturated carbocycles. The quantitative estimate of drug-likeness (QED) is 0.620. The zero-order chi connectivity index (χ0) is 9.14. The second kappa shape index (κ2) is 3.70. The van der Waals surface area contributed by atoms with Crippen LogP contribution in [-0.4, -0.2) is 18.2 Å². The number of hydrogen-bond donors (Lipinski definition) is 1. The molecule has 1 aliphatic rings. The summed E-state index contributed by atoms with van der Waals surface area (Å²) in [5.74, 6) is 0.559. The molecule has 1 saturated heterocycles. The molecule has 0 aromatic carbocycles. The first-order chi connectivity index (χ1) is 5.59. The Morgan fingerprint density at radius 2 is 2.17 bits per heavy atom. The summed E-state index contributed by atoms with van der Waals surface area (Å²) in [6, 6.07) is 0. The van der Waals surface area contributed by atoms with Crippen LogP contribution >= 0.6 is 0 Å². The number of hydrogen-bond acceptors (Lipinski definition) is 2. The molecule has 1 aliphatic heterocycles. The van der Waals surface area contributed by atoms with Crippen LogP contribution in [0.25, 0.3) is 0 Å². The van der Waals surface area contributed by atoms with Gasteiger partial charge in [-0.1, -0.05) is 13.8 Å². The summed E-state index contributed by atoms with van der Waals surface area (Å²) in [5, 5.41) is 2.71. The predicted octanol–water partition coefficient (Wildman–Crippen LogP) is 0.738. The van der Waals surface area contributed by atoms with E-state index in [1.807, 2.05) is 0 Å². The Kier molecular flexibility index (Phi) is 2.84. The molecule has 3 heteroatoms. The predicted molar refractivity (Wildman–Crippen MR) is 45.6 cm³/mol. The van der Waals surface area contributed by atoms with Gasteiger partial charge in [-0.3, -0.25) is 9.59 Å². The van der Waals surface area contributed by atoms with Gasteiger partial charge in [0.15, 0.2) is 0 Å². The maximum absolute atomic E-state index is 11.3. The van der Waals surface area contributed by atoms with Gasteiger partial charge in [-0.25, -0.2) is 0 Å². The number of carbonyl (C=O) groups is 2. The lowest BCUT2D eigenvalue weighted by molar-refractivity contribution is -0.133. The monoisotopic (exact) mass is 169 g/mol. The van der Waals surface area contributed by atoms with Gasteiger partial charge in [0.05, 0.1) is 6.42 Å². The Morgan fingerprint density at radius 3 is 2.67 bits per heavy atom. The highest BCUT2D eigenvalue weighted by atomic mass is 16.2. The molecule has 1 N–H and O–H groups in total. The van der Waals surface area contributed by atoms with Crippen molar-refractivity contribution in [3.63, 3.8) is 0 Å². The van der Waals surface area contributed by atoms with Crippen molar-refractivity contribution in [1.82, 2.24) is 5.32 Å². The molecule has 3 nitrogen and oxygen atoms in total. The van der Waals surface area contributed by atoms with E-state index < -0.39 is 0 Å². The Labute approximate surface area is 72.5 Å². The normalized spacial score (nSPS) is 24.4. The van der Waals surface area contributed by atoms with Crippen LogP contribution in [0.5, 0.6) is 0 Å². The minimum atomic E-state index is -0.125. The van der Waals surface area contributed by atoms with Crippen LogP contribution in [0.3, 0.4) is 0 Å². The molecule has 0 spiro atoms. The average Bonchev–Trinajstić information content (AvgIpc) is 1.94. The van der Waals surface area contributed by atoms with Crippen LogP contribution < -0.4 is 5.32 Å². The molecule has 1 fully saturated rings. The Balaban J connectivity index is 2.45. The summed E-state index contributed by atoms with van der Waals surface area (Å²) in [6.07, 6.45) is 0.969. The molecule has 0 aromatic rings. The third-order valence-corrected chi connectivity index (χ3v) is 2.09. The topological polar surface area (TPSA) is 46.2 Å². The van der Waals surface area contributed by atoms with Crippen LogP contribution in [0, 0.1) is 11.8 Å². The molecule has 68 valence electrons. The SMILES string of the molecule is CC(C)CC1CNC(=O)CC1=O. The van der Waals surface area contributed by atoms with Crippen LogP contribution in [0.15, 0.2) is 0 Å². The second-order valence-electron chi connectivity index (χ2n) is 3.77. The first kappa shape index (κ1) is 9.23. The number of rotatable bonds is 2. The third-order valence-electron chi connectivity index (χ3n) is 2.09. The minimum absolute atomic E-state index is 0.0581. The number of ketones is 1. The molecule has 12 heavy (non-hydrogen) atoms. The first-order valence-electron chi connectivity index (χ1n) is 4.39. The van der Waals surface area contributed by atoms with Gasteiger partial charge in [-0.15, -0.1) is 0 Å². The van der Waals surface area contributed by atoms with Gasteiger partial charge in [0.2, 0.25) is 5.91 Å². The van der Waals surface area contributed by atoms with Crippen LogP contribution in [0.2, 0.25) is 0 Å². The van der Waals surface area contributed by atoms with E-state index >= 15 is 0 Å². The van der Waals surface area contributed by atoms with E-state index in [0.717, 1.165) is 6.42 Å². The van der Waals surface area contributed by atoms with Crippen molar-refractivity contribution in [3.05, 3.63) is 0 Å². The minimum Gasteiger partial charge on any atom is -0.355 e. The summed E-state index contributed by atoms with van der Waals surface area (Å²) in [7, 11) is 0. The summed E-state index contributed by atoms with van der Waals surface area (Å²) in [4.78, 5) is 22.1. The lowest BCUT2D eigenvalue weighted by atomic mass is 9.89. The summed E-state index contributed by atoms with van der Waals surface area (Å²) in [5.41, 5.74) is 0. The van der Waals surface area contributed by atoms with E-state index in [9.17, 15) is 9.59 Å². The van der Waals surface area contributed by atoms with E-state index in [1.54, 1.807) is 0 Å². The van der Waals surface area contributed by atoms with Gasteiger partial charge in [-0.2, -0.15) is 0 Å². The molecule has 0 aliphatic carbocycles. The molecule has 0 aromatic heterocycles. The lowest BCUT2D eigenvalue weighted by Crippen LogP contribution is -2.41. The fraction of sp³-hybridized carbons (Fsp3) is 0.778. The highest BCUT2D eigenvalue weighted by Crippen LogP contribution is 2.16. The maximum Gasteiger partial charge on any atom is 0.227 e. The number of amides is 1. The van der Waals surface area contributed by atoms with Crippen molar-refractivity contribution < 1.29 is 9.59 Å². The summed E-state index contributed by atoms with van der Waals surface area (Å²) in [6.45, 7) is 4.71. The van der Waals surface area contributed by atoms with Crippen molar-refractivity contribution in [2.75, 3.05) is 6.54 Å². The van der Waals surface area contributed by atoms with Crippen molar-refractivity contribution in [2.45, 2.75) is 26.7 Å². The van der Waals surface area contributed by atoms with Gasteiger partial charge in [0.25, 0.3) is 0 Å². The Morgan fingerprint density at radius 1 is 1.50 bits per heavy atom. The van der Waals surface area contributed by atoms with E-state index in [-0.39, 0.29) is 24.0 Å². The Bertz CT molecular complexity index is 199. The molecule has 1 unspecified atom stereocenters. The number of Topliss-reactive ketones (excluding diaryl/α,β-unsaturated/α-hetero) is 1. The highest BCUT2D eigenvalue weighted by molar-refractivity contribution is 6.01. The number of piperidine rings is 1. The van der Waals surface area contributed by atoms with E-state index in [2.05, 4.69) is 19.2 Å². The zero-order valence-electron chi connectivity index (χ0n) is 7.59. The van der Waals surface area contributed by atoms with Gasteiger partial charge in [-0.05, 0) is 12.3 Å². The van der Waals surface area contributed by atoms with Crippen molar-refractivity contribution in [1.29, 1.82) is 0 Å². The molecule has 1 amide bonds. The zero-order valence-corrected chi connectivity index (χ0v) is 7.59. The second-order valence-corrected chi connectivity index (χ2v) is 3.77. The fourth-order valence-corrected chi connectivity index (χ4v) is 1.50. The highest BCUT2D eigenvalue weighted by Gasteiger charge is 2.26. The summed E-state index contributed by atoms with van der Waals surface area (Å²) < 4.78 is 0. The van der Waals surface area contributed by atoms with E-state index in [4.69, 9.17) is 0 Å². The standard InChI is InChI=1S/C9H15NO2/c1-6(2)3-7-5-10-9(12)4-8(7)11/h6-7H,3-5H2,1-2H3,(H,10,12). The molecule has 0 radical (unpaired) electrons. The van der Waals surface area contributed by atoms with Crippen LogP contribution in [0.1, 0.15) is 26.7 Å². The number of carbonyl (C=O) groups excluding carboxylic acids is 2. The number of nitrogens with one attached hydrogen (secondary N) is 1. The first-order valence-corrected chi connectivity index (χ1v) is 4.39.